The van der Waals surface area contributed by atoms with Crippen LogP contribution in [0.1, 0.15) is 77.2 Å². The Hall–Kier alpha value is -1.15. The van der Waals surface area contributed by atoms with Crippen molar-refractivity contribution in [3.8, 4) is 0 Å². The van der Waals surface area contributed by atoms with Crippen LogP contribution in [0, 0.1) is 34.5 Å². The van der Waals surface area contributed by atoms with Gasteiger partial charge in [-0.2, -0.15) is 0 Å². The summed E-state index contributed by atoms with van der Waals surface area (Å²) in [5, 5.41) is 0. The molecule has 2 nitrogen and oxygen atoms in total. The summed E-state index contributed by atoms with van der Waals surface area (Å²) >= 11 is 0. The first kappa shape index (κ1) is 18.9. The molecular weight excluding hydrogens is 344 g/mol. The Morgan fingerprint density at radius 2 is 1.71 bits per heavy atom. The molecule has 5 rings (SSSR count). The largest absolute Gasteiger partial charge is 0.373 e. The number of hydrogen-bond donors (Lipinski definition) is 0. The lowest BCUT2D eigenvalue weighted by molar-refractivity contribution is -0.146. The standard InChI is InChI=1S/C26H36O2/c1-25-14-12-20(27)16-19(25)8-9-21-22-10-11-24(26(22,2)15-13-23(21)25)28-17-18-6-4-3-5-7-18/h3-7,19,21-24H,8-17H2,1-2H3/t19-,21-,22+,23-,24-,25-,26+/m0/s1. The minimum absolute atomic E-state index is 0.351. The fourth-order valence-corrected chi connectivity index (χ4v) is 8.04. The number of hydrogen-bond acceptors (Lipinski definition) is 2. The molecule has 28 heavy (non-hydrogen) atoms. The van der Waals surface area contributed by atoms with Crippen molar-refractivity contribution >= 4 is 5.78 Å². The average Bonchev–Trinajstić information content (AvgIpc) is 3.04. The molecule has 0 spiro atoms. The van der Waals surface area contributed by atoms with Crippen LogP contribution in [-0.4, -0.2) is 11.9 Å². The van der Waals surface area contributed by atoms with E-state index in [0.29, 0.717) is 28.6 Å². The maximum absolute atomic E-state index is 12.1. The van der Waals surface area contributed by atoms with E-state index in [-0.39, 0.29) is 0 Å². The maximum Gasteiger partial charge on any atom is 0.133 e. The smallest absolute Gasteiger partial charge is 0.133 e. The lowest BCUT2D eigenvalue weighted by Crippen LogP contribution is -2.54. The predicted octanol–water partition coefficient (Wildman–Crippen LogP) is 6.18. The first-order valence-electron chi connectivity index (χ1n) is 11.7. The molecule has 0 N–H and O–H groups in total. The maximum atomic E-state index is 12.1. The van der Waals surface area contributed by atoms with Gasteiger partial charge in [-0.3, -0.25) is 4.79 Å². The van der Waals surface area contributed by atoms with Gasteiger partial charge in [-0.05, 0) is 85.0 Å². The fraction of sp³-hybridized carbons (Fsp3) is 0.731. The van der Waals surface area contributed by atoms with Gasteiger partial charge in [0, 0.05) is 12.8 Å². The molecule has 4 aliphatic rings. The Balaban J connectivity index is 1.32. The molecule has 4 saturated carbocycles. The molecule has 0 unspecified atom stereocenters. The third kappa shape index (κ3) is 2.90. The normalized spacial score (nSPS) is 45.2. The second-order valence-corrected chi connectivity index (χ2v) is 10.8. The Labute approximate surface area is 170 Å². The summed E-state index contributed by atoms with van der Waals surface area (Å²) in [6.07, 6.45) is 11.1. The van der Waals surface area contributed by atoms with Gasteiger partial charge in [-0.1, -0.05) is 44.2 Å². The van der Waals surface area contributed by atoms with Crippen molar-refractivity contribution < 1.29 is 9.53 Å². The highest BCUT2D eigenvalue weighted by Gasteiger charge is 2.60. The number of ketones is 1. The van der Waals surface area contributed by atoms with E-state index < -0.39 is 0 Å². The second-order valence-electron chi connectivity index (χ2n) is 10.8. The fourth-order valence-electron chi connectivity index (χ4n) is 8.04. The number of fused-ring (bicyclic) bond motifs is 5. The summed E-state index contributed by atoms with van der Waals surface area (Å²) in [4.78, 5) is 12.1. The highest BCUT2D eigenvalue weighted by molar-refractivity contribution is 5.79. The Morgan fingerprint density at radius 3 is 2.54 bits per heavy atom. The molecule has 2 heteroatoms. The van der Waals surface area contributed by atoms with Gasteiger partial charge in [-0.15, -0.1) is 0 Å². The summed E-state index contributed by atoms with van der Waals surface area (Å²) in [6.45, 7) is 5.83. The molecule has 4 fully saturated rings. The third-order valence-electron chi connectivity index (χ3n) is 9.69. The van der Waals surface area contributed by atoms with Crippen LogP contribution in [0.3, 0.4) is 0 Å². The van der Waals surface area contributed by atoms with E-state index in [4.69, 9.17) is 4.74 Å². The first-order valence-corrected chi connectivity index (χ1v) is 11.7. The highest BCUT2D eigenvalue weighted by Crippen LogP contribution is 2.66. The van der Waals surface area contributed by atoms with Gasteiger partial charge in [0.2, 0.25) is 0 Å². The first-order chi connectivity index (χ1) is 13.5. The van der Waals surface area contributed by atoms with Crippen LogP contribution >= 0.6 is 0 Å². The van der Waals surface area contributed by atoms with Gasteiger partial charge in [0.1, 0.15) is 5.78 Å². The van der Waals surface area contributed by atoms with Crippen molar-refractivity contribution in [2.75, 3.05) is 0 Å². The number of carbonyl (C=O) groups is 1. The van der Waals surface area contributed by atoms with E-state index in [9.17, 15) is 4.79 Å². The second kappa shape index (κ2) is 6.97. The van der Waals surface area contributed by atoms with Gasteiger partial charge in [0.15, 0.2) is 0 Å². The summed E-state index contributed by atoms with van der Waals surface area (Å²) < 4.78 is 6.54. The van der Waals surface area contributed by atoms with Gasteiger partial charge in [-0.25, -0.2) is 0 Å². The van der Waals surface area contributed by atoms with Crippen molar-refractivity contribution in [3.05, 3.63) is 35.9 Å². The molecule has 0 aromatic heterocycles. The van der Waals surface area contributed by atoms with Crippen LogP contribution in [0.15, 0.2) is 30.3 Å². The van der Waals surface area contributed by atoms with Crippen molar-refractivity contribution in [2.24, 2.45) is 34.5 Å². The molecular formula is C26H36O2. The molecule has 152 valence electrons. The molecule has 7 atom stereocenters. The Kier molecular flexibility index (Phi) is 4.69. The zero-order chi connectivity index (χ0) is 19.4. The van der Waals surface area contributed by atoms with E-state index in [1.165, 1.54) is 44.1 Å². The monoisotopic (exact) mass is 380 g/mol. The number of benzene rings is 1. The summed E-state index contributed by atoms with van der Waals surface area (Å²) in [5.74, 6) is 3.70. The zero-order valence-corrected chi connectivity index (χ0v) is 17.7. The van der Waals surface area contributed by atoms with E-state index in [1.54, 1.807) is 0 Å². The number of carbonyl (C=O) groups excluding carboxylic acids is 1. The molecule has 1 aromatic carbocycles. The van der Waals surface area contributed by atoms with Crippen LogP contribution in [0.2, 0.25) is 0 Å². The van der Waals surface area contributed by atoms with Crippen LogP contribution in [0.5, 0.6) is 0 Å². The third-order valence-corrected chi connectivity index (χ3v) is 9.69. The van der Waals surface area contributed by atoms with Crippen LogP contribution in [0.25, 0.3) is 0 Å². The molecule has 0 heterocycles. The molecule has 0 amide bonds. The molecule has 4 aliphatic carbocycles. The summed E-state index contributed by atoms with van der Waals surface area (Å²) in [6, 6.07) is 10.7. The lowest BCUT2D eigenvalue weighted by atomic mass is 9.45. The van der Waals surface area contributed by atoms with Crippen LogP contribution in [-0.2, 0) is 16.1 Å². The van der Waals surface area contributed by atoms with Gasteiger partial charge in [0.05, 0.1) is 12.7 Å². The van der Waals surface area contributed by atoms with Gasteiger partial charge in [0.25, 0.3) is 0 Å². The molecule has 0 saturated heterocycles. The Morgan fingerprint density at radius 1 is 0.929 bits per heavy atom. The summed E-state index contributed by atoms with van der Waals surface area (Å²) in [5.41, 5.74) is 2.06. The SMILES string of the molecule is C[C@@]12CC[C@H]3[C@@H](CC[C@H]4CC(=O)CC[C@@]43C)[C@H]1CC[C@@H]2OCc1ccccc1. The van der Waals surface area contributed by atoms with E-state index in [2.05, 4.69) is 44.2 Å². The lowest BCUT2D eigenvalue weighted by Gasteiger charge is -2.60. The van der Waals surface area contributed by atoms with E-state index in [0.717, 1.165) is 43.6 Å². The van der Waals surface area contributed by atoms with E-state index >= 15 is 0 Å². The van der Waals surface area contributed by atoms with E-state index in [1.807, 2.05) is 0 Å². The minimum Gasteiger partial charge on any atom is -0.373 e. The zero-order valence-electron chi connectivity index (χ0n) is 17.7. The summed E-state index contributed by atoms with van der Waals surface area (Å²) in [7, 11) is 0. The van der Waals surface area contributed by atoms with Crippen LogP contribution < -0.4 is 0 Å². The molecule has 0 aliphatic heterocycles. The Bertz CT molecular complexity index is 727. The number of rotatable bonds is 3. The molecule has 0 bridgehead atoms. The quantitative estimate of drug-likeness (QED) is 0.625. The van der Waals surface area contributed by atoms with Crippen molar-refractivity contribution in [1.29, 1.82) is 0 Å². The topological polar surface area (TPSA) is 26.3 Å². The van der Waals surface area contributed by atoms with Gasteiger partial charge >= 0.3 is 0 Å². The minimum atomic E-state index is 0.351. The average molecular weight is 381 g/mol. The van der Waals surface area contributed by atoms with Crippen LogP contribution in [0.4, 0.5) is 0 Å². The van der Waals surface area contributed by atoms with Crippen molar-refractivity contribution in [2.45, 2.75) is 84.3 Å². The van der Waals surface area contributed by atoms with Gasteiger partial charge < -0.3 is 4.74 Å². The molecule has 0 radical (unpaired) electrons. The molecule has 1 aromatic rings. The van der Waals surface area contributed by atoms with Crippen molar-refractivity contribution in [1.82, 2.24) is 0 Å². The van der Waals surface area contributed by atoms with Crippen molar-refractivity contribution in [3.63, 3.8) is 0 Å². The number of Topliss-reactive ketones (excluding diaryl/α,β-unsaturated/α-hetero) is 1. The highest BCUT2D eigenvalue weighted by atomic mass is 16.5. The predicted molar refractivity (Wildman–Crippen MR) is 112 cm³/mol. The number of ether oxygens (including phenoxy) is 1.